The molecule has 1 heterocycles. The molecule has 0 aliphatic carbocycles. The van der Waals surface area contributed by atoms with E-state index in [2.05, 4.69) is 9.72 Å². The van der Waals surface area contributed by atoms with Gasteiger partial charge in [-0.3, -0.25) is 0 Å². The van der Waals surface area contributed by atoms with E-state index in [0.717, 1.165) is 27.8 Å². The van der Waals surface area contributed by atoms with Crippen molar-refractivity contribution in [3.8, 4) is 17.0 Å². The molecule has 0 bridgehead atoms. The second-order valence-corrected chi connectivity index (χ2v) is 6.78. The molecule has 4 rings (SSSR count). The van der Waals surface area contributed by atoms with Crippen LogP contribution in [0.2, 0.25) is 0 Å². The fraction of sp³-hybridized carbons (Fsp3) is 0.0870. The molecule has 0 aliphatic heterocycles. The van der Waals surface area contributed by atoms with Crippen LogP contribution in [0, 0.1) is 0 Å². The second-order valence-electron chi connectivity index (χ2n) is 6.78. The van der Waals surface area contributed by atoms with Crippen molar-refractivity contribution >= 4 is 16.9 Å². The quantitative estimate of drug-likeness (QED) is 0.422. The molecule has 152 valence electrons. The molecule has 0 amide bonds. The average molecular weight is 411 g/mol. The third-order valence-electron chi connectivity index (χ3n) is 4.73. The van der Waals surface area contributed by atoms with Crippen LogP contribution in [0.1, 0.15) is 21.5 Å². The number of H-pyrrole nitrogens is 1. The van der Waals surface area contributed by atoms with E-state index in [1.807, 2.05) is 36.4 Å². The van der Waals surface area contributed by atoms with Crippen LogP contribution in [0.3, 0.4) is 0 Å². The van der Waals surface area contributed by atoms with Gasteiger partial charge in [-0.05, 0) is 41.0 Å². The largest absolute Gasteiger partial charge is 0.573 e. The summed E-state index contributed by atoms with van der Waals surface area (Å²) in [6.45, 7) is 0. The molecule has 0 atom stereocenters. The molecule has 1 aromatic heterocycles. The van der Waals surface area contributed by atoms with Crippen LogP contribution >= 0.6 is 0 Å². The molecule has 0 radical (unpaired) electrons. The number of fused-ring (bicyclic) bond motifs is 1. The number of hydrogen-bond donors (Lipinski definition) is 2. The topological polar surface area (TPSA) is 62.3 Å². The first-order valence-corrected chi connectivity index (χ1v) is 9.08. The Bertz CT molecular complexity index is 1210. The lowest BCUT2D eigenvalue weighted by Gasteiger charge is -2.09. The van der Waals surface area contributed by atoms with E-state index in [-0.39, 0.29) is 11.3 Å². The van der Waals surface area contributed by atoms with Crippen LogP contribution in [0.15, 0.2) is 72.8 Å². The fourth-order valence-corrected chi connectivity index (χ4v) is 3.49. The van der Waals surface area contributed by atoms with Crippen molar-refractivity contribution in [1.82, 2.24) is 4.98 Å². The van der Waals surface area contributed by atoms with Crippen LogP contribution < -0.4 is 4.74 Å². The molecular weight excluding hydrogens is 395 g/mol. The first kappa shape index (κ1) is 19.6. The summed E-state index contributed by atoms with van der Waals surface area (Å²) in [6, 6.07) is 20.2. The molecule has 4 aromatic rings. The molecular formula is C23H16F3NO3. The van der Waals surface area contributed by atoms with Crippen molar-refractivity contribution < 1.29 is 27.8 Å². The molecule has 0 aliphatic rings. The third kappa shape index (κ3) is 4.15. The molecule has 0 saturated heterocycles. The van der Waals surface area contributed by atoms with Gasteiger partial charge in [-0.2, -0.15) is 0 Å². The lowest BCUT2D eigenvalue weighted by Crippen LogP contribution is -2.16. The van der Waals surface area contributed by atoms with E-state index in [0.29, 0.717) is 11.9 Å². The van der Waals surface area contributed by atoms with Gasteiger partial charge in [-0.1, -0.05) is 42.5 Å². The van der Waals surface area contributed by atoms with E-state index in [9.17, 15) is 23.1 Å². The normalized spacial score (nSPS) is 11.6. The van der Waals surface area contributed by atoms with E-state index in [4.69, 9.17) is 0 Å². The van der Waals surface area contributed by atoms with Gasteiger partial charge in [0.25, 0.3) is 0 Å². The molecule has 3 aromatic carbocycles. The number of benzene rings is 3. The summed E-state index contributed by atoms with van der Waals surface area (Å²) in [5, 5.41) is 9.99. The van der Waals surface area contributed by atoms with E-state index in [1.165, 1.54) is 18.2 Å². The SMILES string of the molecule is O=C(O)c1cccc(Cc2c(-c3ccccc3)[nH]c3cc(OC(F)(F)F)ccc23)c1. The lowest BCUT2D eigenvalue weighted by molar-refractivity contribution is -0.274. The van der Waals surface area contributed by atoms with Gasteiger partial charge in [0.05, 0.1) is 11.3 Å². The number of aromatic carboxylic acids is 1. The Labute approximate surface area is 169 Å². The maximum absolute atomic E-state index is 12.6. The summed E-state index contributed by atoms with van der Waals surface area (Å²) in [7, 11) is 0. The predicted molar refractivity (Wildman–Crippen MR) is 107 cm³/mol. The molecule has 30 heavy (non-hydrogen) atoms. The van der Waals surface area contributed by atoms with Gasteiger partial charge in [0, 0.05) is 23.4 Å². The van der Waals surface area contributed by atoms with E-state index < -0.39 is 12.3 Å². The van der Waals surface area contributed by atoms with Crippen LogP contribution in [-0.4, -0.2) is 22.4 Å². The monoisotopic (exact) mass is 411 g/mol. The number of carboxylic acid groups (broad SMARTS) is 1. The van der Waals surface area contributed by atoms with Crippen molar-refractivity contribution in [2.45, 2.75) is 12.8 Å². The Morgan fingerprint density at radius 3 is 2.43 bits per heavy atom. The molecule has 4 nitrogen and oxygen atoms in total. The molecule has 0 unspecified atom stereocenters. The zero-order chi connectivity index (χ0) is 21.3. The second kappa shape index (κ2) is 7.59. The lowest BCUT2D eigenvalue weighted by atomic mass is 9.97. The highest BCUT2D eigenvalue weighted by molar-refractivity contribution is 5.92. The van der Waals surface area contributed by atoms with Crippen LogP contribution in [-0.2, 0) is 6.42 Å². The number of nitrogens with one attached hydrogen (secondary N) is 1. The molecule has 7 heteroatoms. The van der Waals surface area contributed by atoms with Crippen LogP contribution in [0.4, 0.5) is 13.2 Å². The number of aromatic nitrogens is 1. The number of carbonyl (C=O) groups is 1. The number of halogens is 3. The van der Waals surface area contributed by atoms with Crippen molar-refractivity contribution in [1.29, 1.82) is 0 Å². The van der Waals surface area contributed by atoms with Crippen LogP contribution in [0.5, 0.6) is 5.75 Å². The summed E-state index contributed by atoms with van der Waals surface area (Å²) >= 11 is 0. The summed E-state index contributed by atoms with van der Waals surface area (Å²) < 4.78 is 41.8. The van der Waals surface area contributed by atoms with Crippen molar-refractivity contribution in [2.24, 2.45) is 0 Å². The first-order chi connectivity index (χ1) is 14.3. The van der Waals surface area contributed by atoms with E-state index in [1.54, 1.807) is 18.2 Å². The number of rotatable bonds is 5. The Morgan fingerprint density at radius 1 is 0.967 bits per heavy atom. The highest BCUT2D eigenvalue weighted by Crippen LogP contribution is 2.35. The van der Waals surface area contributed by atoms with Gasteiger partial charge in [0.15, 0.2) is 0 Å². The van der Waals surface area contributed by atoms with Crippen LogP contribution in [0.25, 0.3) is 22.2 Å². The predicted octanol–water partition coefficient (Wildman–Crippen LogP) is 6.02. The maximum Gasteiger partial charge on any atom is 0.573 e. The molecule has 2 N–H and O–H groups in total. The van der Waals surface area contributed by atoms with Gasteiger partial charge in [-0.15, -0.1) is 13.2 Å². The summed E-state index contributed by atoms with van der Waals surface area (Å²) in [6.07, 6.45) is -4.37. The third-order valence-corrected chi connectivity index (χ3v) is 4.73. The molecule has 0 spiro atoms. The number of hydrogen-bond acceptors (Lipinski definition) is 2. The zero-order valence-electron chi connectivity index (χ0n) is 15.5. The first-order valence-electron chi connectivity index (χ1n) is 9.08. The summed E-state index contributed by atoms with van der Waals surface area (Å²) in [4.78, 5) is 14.5. The Morgan fingerprint density at radius 2 is 1.73 bits per heavy atom. The Hall–Kier alpha value is -3.74. The number of alkyl halides is 3. The van der Waals surface area contributed by atoms with Gasteiger partial charge in [0.1, 0.15) is 5.75 Å². The van der Waals surface area contributed by atoms with Crippen molar-refractivity contribution in [2.75, 3.05) is 0 Å². The smallest absolute Gasteiger partial charge is 0.478 e. The summed E-state index contributed by atoms with van der Waals surface area (Å²) in [5.74, 6) is -1.33. The van der Waals surface area contributed by atoms with Gasteiger partial charge in [-0.25, -0.2) is 4.79 Å². The standard InChI is InChI=1S/C23H16F3NO3/c24-23(25,26)30-17-9-10-18-19(12-14-5-4-8-16(11-14)22(28)29)21(27-20(18)13-17)15-6-2-1-3-7-15/h1-11,13,27H,12H2,(H,28,29). The number of aromatic amines is 1. The molecule has 0 fully saturated rings. The minimum absolute atomic E-state index is 0.175. The Balaban J connectivity index is 1.83. The minimum Gasteiger partial charge on any atom is -0.478 e. The maximum atomic E-state index is 12.6. The van der Waals surface area contributed by atoms with Gasteiger partial charge < -0.3 is 14.8 Å². The summed E-state index contributed by atoms with van der Waals surface area (Å²) in [5.41, 5.74) is 3.95. The fourth-order valence-electron chi connectivity index (χ4n) is 3.49. The number of ether oxygens (including phenoxy) is 1. The van der Waals surface area contributed by atoms with Gasteiger partial charge in [0.2, 0.25) is 0 Å². The van der Waals surface area contributed by atoms with Gasteiger partial charge >= 0.3 is 12.3 Å². The molecule has 0 saturated carbocycles. The Kier molecular flexibility index (Phi) is 4.95. The van der Waals surface area contributed by atoms with Crippen molar-refractivity contribution in [3.63, 3.8) is 0 Å². The number of carboxylic acids is 1. The highest BCUT2D eigenvalue weighted by Gasteiger charge is 2.31. The zero-order valence-corrected chi connectivity index (χ0v) is 15.5. The highest BCUT2D eigenvalue weighted by atomic mass is 19.4. The van der Waals surface area contributed by atoms with Crippen molar-refractivity contribution in [3.05, 3.63) is 89.5 Å². The average Bonchev–Trinajstić information content (AvgIpc) is 3.05. The van der Waals surface area contributed by atoms with E-state index >= 15 is 0 Å². The minimum atomic E-state index is -4.78.